The molecule has 29 heavy (non-hydrogen) atoms. The summed E-state index contributed by atoms with van der Waals surface area (Å²) in [5.41, 5.74) is 1.18. The van der Waals surface area contributed by atoms with E-state index in [0.717, 1.165) is 28.5 Å². The Morgan fingerprint density at radius 1 is 1.17 bits per heavy atom. The number of hydrogen-bond acceptors (Lipinski definition) is 4. The molecular formula is C22H23ClFN3OS. The van der Waals surface area contributed by atoms with Gasteiger partial charge in [0.15, 0.2) is 5.16 Å². The SMILES string of the molecule is CCCCCSc1ncnn1C[C@@]1(c2ccc(F)cc2)O[C@H]1c1ccccc1Cl. The molecule has 1 aliphatic heterocycles. The molecule has 4 rings (SSSR count). The summed E-state index contributed by atoms with van der Waals surface area (Å²) in [7, 11) is 0. The third kappa shape index (κ3) is 4.34. The van der Waals surface area contributed by atoms with E-state index in [1.165, 1.54) is 25.0 Å². The number of unbranched alkanes of at least 4 members (excludes halogenated alkanes) is 2. The zero-order valence-electron chi connectivity index (χ0n) is 16.2. The van der Waals surface area contributed by atoms with Crippen molar-refractivity contribution < 1.29 is 9.13 Å². The topological polar surface area (TPSA) is 43.2 Å². The van der Waals surface area contributed by atoms with Crippen LogP contribution in [0.3, 0.4) is 0 Å². The number of benzene rings is 2. The number of aromatic nitrogens is 3. The molecule has 2 aromatic carbocycles. The molecule has 0 radical (unpaired) electrons. The van der Waals surface area contributed by atoms with Crippen LogP contribution < -0.4 is 0 Å². The summed E-state index contributed by atoms with van der Waals surface area (Å²) in [6.07, 6.45) is 4.90. The van der Waals surface area contributed by atoms with Crippen LogP contribution in [-0.4, -0.2) is 20.5 Å². The van der Waals surface area contributed by atoms with Crippen LogP contribution in [0.5, 0.6) is 0 Å². The van der Waals surface area contributed by atoms with Gasteiger partial charge in [0, 0.05) is 16.3 Å². The molecular weight excluding hydrogens is 409 g/mol. The highest BCUT2D eigenvalue weighted by atomic mass is 35.5. The molecule has 0 saturated carbocycles. The van der Waals surface area contributed by atoms with Crippen LogP contribution >= 0.6 is 23.4 Å². The minimum Gasteiger partial charge on any atom is -0.354 e. The van der Waals surface area contributed by atoms with Gasteiger partial charge in [-0.05, 0) is 30.2 Å². The first kappa shape index (κ1) is 20.4. The molecule has 1 fully saturated rings. The lowest BCUT2D eigenvalue weighted by Crippen LogP contribution is -2.20. The molecule has 0 amide bonds. The second-order valence-corrected chi connectivity index (χ2v) is 8.64. The van der Waals surface area contributed by atoms with Gasteiger partial charge in [0.05, 0.1) is 6.54 Å². The lowest BCUT2D eigenvalue weighted by atomic mass is 9.91. The van der Waals surface area contributed by atoms with Crippen molar-refractivity contribution in [2.75, 3.05) is 5.75 Å². The molecule has 1 aromatic heterocycles. The first-order chi connectivity index (χ1) is 14.1. The average Bonchev–Trinajstić information content (AvgIpc) is 3.27. The second kappa shape index (κ2) is 8.86. The van der Waals surface area contributed by atoms with Crippen molar-refractivity contribution in [3.8, 4) is 0 Å². The van der Waals surface area contributed by atoms with Crippen LogP contribution in [0.4, 0.5) is 4.39 Å². The van der Waals surface area contributed by atoms with E-state index in [-0.39, 0.29) is 11.9 Å². The minimum atomic E-state index is -0.648. The highest BCUT2D eigenvalue weighted by Crippen LogP contribution is 2.59. The van der Waals surface area contributed by atoms with Crippen molar-refractivity contribution in [2.45, 2.75) is 49.6 Å². The Kier molecular flexibility index (Phi) is 6.23. The predicted octanol–water partition coefficient (Wildman–Crippen LogP) is 6.02. The maximum Gasteiger partial charge on any atom is 0.186 e. The fourth-order valence-electron chi connectivity index (χ4n) is 3.55. The fraction of sp³-hybridized carbons (Fsp3) is 0.364. The highest BCUT2D eigenvalue weighted by molar-refractivity contribution is 7.99. The molecule has 1 aliphatic rings. The summed E-state index contributed by atoms with van der Waals surface area (Å²) in [5, 5.41) is 5.96. The Hall–Kier alpha value is -1.89. The average molecular weight is 432 g/mol. The number of ether oxygens (including phenoxy) is 1. The number of nitrogens with zero attached hydrogens (tertiary/aromatic N) is 3. The van der Waals surface area contributed by atoms with Crippen LogP contribution in [0, 0.1) is 5.82 Å². The number of hydrogen-bond donors (Lipinski definition) is 0. The molecule has 152 valence electrons. The van der Waals surface area contributed by atoms with Gasteiger partial charge in [-0.2, -0.15) is 5.10 Å². The van der Waals surface area contributed by atoms with Gasteiger partial charge in [-0.25, -0.2) is 14.1 Å². The van der Waals surface area contributed by atoms with Crippen molar-refractivity contribution in [2.24, 2.45) is 0 Å². The van der Waals surface area contributed by atoms with Crippen molar-refractivity contribution >= 4 is 23.4 Å². The number of rotatable bonds is 9. The van der Waals surface area contributed by atoms with Gasteiger partial charge >= 0.3 is 0 Å². The van der Waals surface area contributed by atoms with Crippen LogP contribution in [0.25, 0.3) is 0 Å². The second-order valence-electron chi connectivity index (χ2n) is 7.17. The fourth-order valence-corrected chi connectivity index (χ4v) is 4.70. The maximum atomic E-state index is 13.5. The predicted molar refractivity (Wildman–Crippen MR) is 114 cm³/mol. The third-order valence-corrected chi connectivity index (χ3v) is 6.57. The summed E-state index contributed by atoms with van der Waals surface area (Å²) in [5.74, 6) is 0.733. The summed E-state index contributed by atoms with van der Waals surface area (Å²) < 4.78 is 21.7. The van der Waals surface area contributed by atoms with Crippen molar-refractivity contribution in [1.82, 2.24) is 14.8 Å². The van der Waals surface area contributed by atoms with Crippen molar-refractivity contribution in [3.05, 3.63) is 76.8 Å². The summed E-state index contributed by atoms with van der Waals surface area (Å²) in [6, 6.07) is 14.2. The molecule has 0 N–H and O–H groups in total. The molecule has 7 heteroatoms. The van der Waals surface area contributed by atoms with Crippen LogP contribution in [-0.2, 0) is 16.9 Å². The normalized spacial score (nSPS) is 20.7. The summed E-state index contributed by atoms with van der Waals surface area (Å²) >= 11 is 8.14. The lowest BCUT2D eigenvalue weighted by molar-refractivity contribution is 0.256. The van der Waals surface area contributed by atoms with Crippen molar-refractivity contribution in [3.63, 3.8) is 0 Å². The van der Waals surface area contributed by atoms with E-state index in [1.54, 1.807) is 30.2 Å². The summed E-state index contributed by atoms with van der Waals surface area (Å²) in [4.78, 5) is 4.42. The first-order valence-electron chi connectivity index (χ1n) is 9.83. The van der Waals surface area contributed by atoms with E-state index >= 15 is 0 Å². The van der Waals surface area contributed by atoms with Gasteiger partial charge in [0.2, 0.25) is 0 Å². The zero-order chi connectivity index (χ0) is 20.3. The Bertz CT molecular complexity index is 965. The molecule has 1 saturated heterocycles. The maximum absolute atomic E-state index is 13.5. The monoisotopic (exact) mass is 431 g/mol. The van der Waals surface area contributed by atoms with Crippen LogP contribution in [0.1, 0.15) is 43.4 Å². The van der Waals surface area contributed by atoms with E-state index in [0.29, 0.717) is 11.6 Å². The Morgan fingerprint density at radius 2 is 1.97 bits per heavy atom. The van der Waals surface area contributed by atoms with Gasteiger partial charge in [-0.1, -0.05) is 73.5 Å². The van der Waals surface area contributed by atoms with Gasteiger partial charge in [-0.15, -0.1) is 0 Å². The standard InChI is InChI=1S/C22H23ClFN3OS/c1-2-3-6-13-29-21-25-15-26-27(21)14-22(16-9-11-17(24)12-10-16)20(28-22)18-7-4-5-8-19(18)23/h4-5,7-12,15,20H,2-3,6,13-14H2,1H3/t20-,22-/m0/s1. The number of halogens is 2. The molecule has 2 atom stereocenters. The molecule has 0 bridgehead atoms. The van der Waals surface area contributed by atoms with Crippen LogP contribution in [0.2, 0.25) is 5.02 Å². The molecule has 0 unspecified atom stereocenters. The number of epoxide rings is 1. The smallest absolute Gasteiger partial charge is 0.186 e. The van der Waals surface area contributed by atoms with Gasteiger partial charge < -0.3 is 4.74 Å². The van der Waals surface area contributed by atoms with E-state index in [9.17, 15) is 4.39 Å². The van der Waals surface area contributed by atoms with E-state index in [2.05, 4.69) is 17.0 Å². The molecule has 4 nitrogen and oxygen atoms in total. The Labute approximate surface area is 179 Å². The molecule has 2 heterocycles. The Morgan fingerprint density at radius 3 is 2.72 bits per heavy atom. The number of thioether (sulfide) groups is 1. The summed E-state index contributed by atoms with van der Waals surface area (Å²) in [6.45, 7) is 2.68. The third-order valence-electron chi connectivity index (χ3n) is 5.16. The minimum absolute atomic E-state index is 0.219. The van der Waals surface area contributed by atoms with E-state index < -0.39 is 5.60 Å². The van der Waals surface area contributed by atoms with Crippen molar-refractivity contribution in [1.29, 1.82) is 0 Å². The first-order valence-corrected chi connectivity index (χ1v) is 11.2. The van der Waals surface area contributed by atoms with Gasteiger partial charge in [-0.3, -0.25) is 0 Å². The molecule has 3 aromatic rings. The van der Waals surface area contributed by atoms with Gasteiger partial charge in [0.25, 0.3) is 0 Å². The molecule has 0 aliphatic carbocycles. The zero-order valence-corrected chi connectivity index (χ0v) is 17.8. The van der Waals surface area contributed by atoms with Gasteiger partial charge in [0.1, 0.15) is 23.8 Å². The van der Waals surface area contributed by atoms with E-state index in [1.807, 2.05) is 28.9 Å². The Balaban J connectivity index is 1.61. The highest BCUT2D eigenvalue weighted by Gasteiger charge is 2.59. The van der Waals surface area contributed by atoms with E-state index in [4.69, 9.17) is 16.3 Å². The largest absolute Gasteiger partial charge is 0.354 e. The van der Waals surface area contributed by atoms with Crippen LogP contribution in [0.15, 0.2) is 60.0 Å². The molecule has 0 spiro atoms. The lowest BCUT2D eigenvalue weighted by Gasteiger charge is -2.16. The quantitative estimate of drug-likeness (QED) is 0.236.